The first-order chi connectivity index (χ1) is 13.2. The van der Waals surface area contributed by atoms with Crippen molar-refractivity contribution in [2.75, 3.05) is 44.6 Å². The minimum atomic E-state index is -0.231. The van der Waals surface area contributed by atoms with Crippen LogP contribution in [-0.4, -0.2) is 40.3 Å². The van der Waals surface area contributed by atoms with Gasteiger partial charge in [0.15, 0.2) is 11.5 Å². The summed E-state index contributed by atoms with van der Waals surface area (Å²) < 4.78 is 15.9. The molecule has 0 aromatic heterocycles. The van der Waals surface area contributed by atoms with E-state index in [4.69, 9.17) is 14.2 Å². The van der Waals surface area contributed by atoms with Gasteiger partial charge in [-0.1, -0.05) is 0 Å². The summed E-state index contributed by atoms with van der Waals surface area (Å²) in [6.45, 7) is 2.07. The Labute approximate surface area is 160 Å². The first kappa shape index (κ1) is 18.9. The lowest BCUT2D eigenvalue weighted by Crippen LogP contribution is -2.29. The molecule has 3 rings (SSSR count). The fourth-order valence-corrected chi connectivity index (χ4v) is 3.31. The zero-order valence-corrected chi connectivity index (χ0v) is 16.1. The molecule has 0 aliphatic carbocycles. The second-order valence-electron chi connectivity index (χ2n) is 6.46. The number of carbonyl (C=O) groups is 1. The summed E-state index contributed by atoms with van der Waals surface area (Å²) in [4.78, 5) is 15.1. The van der Waals surface area contributed by atoms with Gasteiger partial charge in [-0.3, -0.25) is 4.79 Å². The summed E-state index contributed by atoms with van der Waals surface area (Å²) in [5.41, 5.74) is 2.23. The number of hydrogen-bond donors (Lipinski definition) is 1. The number of ether oxygens (including phenoxy) is 3. The van der Waals surface area contributed by atoms with Gasteiger partial charge in [-0.15, -0.1) is 0 Å². The van der Waals surface area contributed by atoms with Gasteiger partial charge < -0.3 is 24.4 Å². The van der Waals surface area contributed by atoms with Gasteiger partial charge in [-0.05, 0) is 55.7 Å². The Hall–Kier alpha value is -2.89. The number of nitrogens with zero attached hydrogens (tertiary/aromatic N) is 1. The molecule has 1 saturated heterocycles. The number of hydrogen-bond acceptors (Lipinski definition) is 5. The van der Waals surface area contributed by atoms with E-state index in [9.17, 15) is 4.79 Å². The highest BCUT2D eigenvalue weighted by atomic mass is 16.5. The SMILES string of the molecule is COc1ccc(N2CCCCC2)cc1NC(=O)c1ccc(OC)c(OC)c1. The number of amides is 1. The van der Waals surface area contributed by atoms with Crippen molar-refractivity contribution < 1.29 is 19.0 Å². The van der Waals surface area contributed by atoms with Crippen LogP contribution >= 0.6 is 0 Å². The average molecular weight is 370 g/mol. The van der Waals surface area contributed by atoms with Gasteiger partial charge in [0.2, 0.25) is 0 Å². The summed E-state index contributed by atoms with van der Waals surface area (Å²) in [5.74, 6) is 1.49. The molecule has 1 fully saturated rings. The van der Waals surface area contributed by atoms with Crippen LogP contribution in [0.2, 0.25) is 0 Å². The molecular formula is C21H26N2O4. The molecule has 2 aromatic rings. The van der Waals surface area contributed by atoms with Crippen molar-refractivity contribution in [3.8, 4) is 17.2 Å². The van der Waals surface area contributed by atoms with E-state index in [0.717, 1.165) is 18.8 Å². The predicted molar refractivity (Wildman–Crippen MR) is 107 cm³/mol. The van der Waals surface area contributed by atoms with E-state index >= 15 is 0 Å². The molecule has 0 bridgehead atoms. The van der Waals surface area contributed by atoms with E-state index in [2.05, 4.69) is 10.2 Å². The smallest absolute Gasteiger partial charge is 0.255 e. The van der Waals surface area contributed by atoms with Gasteiger partial charge in [0, 0.05) is 24.3 Å². The fourth-order valence-electron chi connectivity index (χ4n) is 3.31. The number of methoxy groups -OCH3 is 3. The van der Waals surface area contributed by atoms with Crippen LogP contribution in [0, 0.1) is 0 Å². The van der Waals surface area contributed by atoms with Crippen LogP contribution in [0.15, 0.2) is 36.4 Å². The van der Waals surface area contributed by atoms with Gasteiger partial charge in [0.1, 0.15) is 5.75 Å². The summed E-state index contributed by atoms with van der Waals surface area (Å²) in [6.07, 6.45) is 3.66. The van der Waals surface area contributed by atoms with Gasteiger partial charge >= 0.3 is 0 Å². The monoisotopic (exact) mass is 370 g/mol. The third kappa shape index (κ3) is 4.27. The minimum Gasteiger partial charge on any atom is -0.495 e. The molecule has 1 heterocycles. The Morgan fingerprint density at radius 3 is 2.19 bits per heavy atom. The lowest BCUT2D eigenvalue weighted by molar-refractivity contribution is 0.102. The third-order valence-corrected chi connectivity index (χ3v) is 4.80. The van der Waals surface area contributed by atoms with Crippen LogP contribution in [0.4, 0.5) is 11.4 Å². The highest BCUT2D eigenvalue weighted by Gasteiger charge is 2.16. The molecule has 2 aromatic carbocycles. The minimum absolute atomic E-state index is 0.231. The molecule has 1 amide bonds. The fraction of sp³-hybridized carbons (Fsp3) is 0.381. The van der Waals surface area contributed by atoms with E-state index in [0.29, 0.717) is 28.5 Å². The van der Waals surface area contributed by atoms with Crippen molar-refractivity contribution in [2.24, 2.45) is 0 Å². The second kappa shape index (κ2) is 8.66. The standard InChI is InChI=1S/C21H26N2O4/c1-25-18-10-8-16(23-11-5-4-6-12-23)14-17(18)22-21(24)15-7-9-19(26-2)20(13-15)27-3/h7-10,13-14H,4-6,11-12H2,1-3H3,(H,22,24). The number of benzene rings is 2. The molecule has 0 unspecified atom stereocenters. The van der Waals surface area contributed by atoms with Crippen molar-refractivity contribution >= 4 is 17.3 Å². The topological polar surface area (TPSA) is 60.0 Å². The van der Waals surface area contributed by atoms with Gasteiger partial charge in [-0.2, -0.15) is 0 Å². The van der Waals surface area contributed by atoms with E-state index in [1.807, 2.05) is 18.2 Å². The molecular weight excluding hydrogens is 344 g/mol. The molecule has 0 spiro atoms. The molecule has 6 heteroatoms. The number of rotatable bonds is 6. The maximum atomic E-state index is 12.8. The molecule has 144 valence electrons. The predicted octanol–water partition coefficient (Wildman–Crippen LogP) is 3.96. The van der Waals surface area contributed by atoms with Crippen molar-refractivity contribution in [2.45, 2.75) is 19.3 Å². The number of carbonyl (C=O) groups excluding carboxylic acids is 1. The Morgan fingerprint density at radius 2 is 1.52 bits per heavy atom. The molecule has 1 aliphatic rings. The maximum absolute atomic E-state index is 12.8. The molecule has 27 heavy (non-hydrogen) atoms. The van der Waals surface area contributed by atoms with Crippen molar-refractivity contribution in [1.29, 1.82) is 0 Å². The molecule has 0 radical (unpaired) electrons. The lowest BCUT2D eigenvalue weighted by Gasteiger charge is -2.29. The molecule has 0 saturated carbocycles. The Bertz CT molecular complexity index is 801. The van der Waals surface area contributed by atoms with E-state index in [-0.39, 0.29) is 5.91 Å². The first-order valence-electron chi connectivity index (χ1n) is 9.12. The van der Waals surface area contributed by atoms with Gasteiger partial charge in [0.05, 0.1) is 27.0 Å². The summed E-state index contributed by atoms with van der Waals surface area (Å²) >= 11 is 0. The van der Waals surface area contributed by atoms with Crippen molar-refractivity contribution in [3.63, 3.8) is 0 Å². The van der Waals surface area contributed by atoms with Crippen LogP contribution in [0.1, 0.15) is 29.6 Å². The normalized spacial score (nSPS) is 13.8. The van der Waals surface area contributed by atoms with Gasteiger partial charge in [0.25, 0.3) is 5.91 Å². The Balaban J connectivity index is 1.84. The molecule has 0 atom stereocenters. The number of piperidine rings is 1. The Morgan fingerprint density at radius 1 is 0.852 bits per heavy atom. The van der Waals surface area contributed by atoms with Crippen LogP contribution < -0.4 is 24.4 Å². The van der Waals surface area contributed by atoms with Crippen LogP contribution in [0.25, 0.3) is 0 Å². The zero-order chi connectivity index (χ0) is 19.2. The molecule has 6 nitrogen and oxygen atoms in total. The maximum Gasteiger partial charge on any atom is 0.255 e. The zero-order valence-electron chi connectivity index (χ0n) is 16.1. The second-order valence-corrected chi connectivity index (χ2v) is 6.46. The summed E-state index contributed by atoms with van der Waals surface area (Å²) in [6, 6.07) is 11.0. The third-order valence-electron chi connectivity index (χ3n) is 4.80. The average Bonchev–Trinajstić information content (AvgIpc) is 2.73. The quantitative estimate of drug-likeness (QED) is 0.834. The van der Waals surface area contributed by atoms with Crippen molar-refractivity contribution in [3.05, 3.63) is 42.0 Å². The number of anilines is 2. The van der Waals surface area contributed by atoms with Crippen molar-refractivity contribution in [1.82, 2.24) is 0 Å². The summed E-state index contributed by atoms with van der Waals surface area (Å²) in [7, 11) is 4.71. The summed E-state index contributed by atoms with van der Waals surface area (Å²) in [5, 5.41) is 2.96. The first-order valence-corrected chi connectivity index (χ1v) is 9.12. The number of nitrogens with one attached hydrogen (secondary N) is 1. The molecule has 1 N–H and O–H groups in total. The van der Waals surface area contributed by atoms with Crippen LogP contribution in [-0.2, 0) is 0 Å². The molecule has 1 aliphatic heterocycles. The van der Waals surface area contributed by atoms with E-state index in [1.54, 1.807) is 39.5 Å². The van der Waals surface area contributed by atoms with Crippen LogP contribution in [0.3, 0.4) is 0 Å². The van der Waals surface area contributed by atoms with Crippen LogP contribution in [0.5, 0.6) is 17.2 Å². The highest BCUT2D eigenvalue weighted by molar-refractivity contribution is 6.05. The van der Waals surface area contributed by atoms with E-state index in [1.165, 1.54) is 19.3 Å². The lowest BCUT2D eigenvalue weighted by atomic mass is 10.1. The largest absolute Gasteiger partial charge is 0.495 e. The Kier molecular flexibility index (Phi) is 6.06. The van der Waals surface area contributed by atoms with Gasteiger partial charge in [-0.25, -0.2) is 0 Å². The highest BCUT2D eigenvalue weighted by Crippen LogP contribution is 2.32. The van der Waals surface area contributed by atoms with E-state index < -0.39 is 0 Å².